The Hall–Kier alpha value is -3.35. The van der Waals surface area contributed by atoms with Gasteiger partial charge in [-0.1, -0.05) is 42.2 Å². The second kappa shape index (κ2) is 18.1. The summed E-state index contributed by atoms with van der Waals surface area (Å²) in [5, 5.41) is 0. The first kappa shape index (κ1) is 31.2. The molecule has 0 spiro atoms. The summed E-state index contributed by atoms with van der Waals surface area (Å²) >= 11 is 0. The summed E-state index contributed by atoms with van der Waals surface area (Å²) in [7, 11) is 0. The van der Waals surface area contributed by atoms with Gasteiger partial charge in [0.1, 0.15) is 11.6 Å². The van der Waals surface area contributed by atoms with E-state index >= 15 is 0 Å². The molecule has 0 unspecified atom stereocenters. The normalized spacial score (nSPS) is 12.0. The van der Waals surface area contributed by atoms with Crippen LogP contribution in [0.2, 0.25) is 0 Å². The number of hydrogen-bond acceptors (Lipinski definition) is 7. The Balaban J connectivity index is 1.25. The molecule has 1 amide bonds. The molecule has 0 radical (unpaired) electrons. The first-order chi connectivity index (χ1) is 19.5. The van der Waals surface area contributed by atoms with Crippen molar-refractivity contribution >= 4 is 23.2 Å². The number of nitrogens with zero attached hydrogens (tertiary/aromatic N) is 1. The zero-order valence-corrected chi connectivity index (χ0v) is 23.3. The summed E-state index contributed by atoms with van der Waals surface area (Å²) in [6, 6.07) is 15.5. The molecule has 0 N–H and O–H groups in total. The lowest BCUT2D eigenvalue weighted by Gasteiger charge is -2.26. The topological polar surface area (TPSA) is 91.4 Å². The monoisotopic (exact) mass is 549 g/mol. The lowest BCUT2D eigenvalue weighted by molar-refractivity contribution is -0.124. The van der Waals surface area contributed by atoms with E-state index in [-0.39, 0.29) is 30.3 Å². The standard InChI is InChI=1S/C32H39NO7/c1-26(34)16-18-38-20-22-40-24-23-39-21-19-37-17-6-10-30(35)14-15-32(36)33-25-29-9-3-2-7-27(29)12-13-28-8-4-5-11-31(28)33/h2-5,7-9,11H,6,10,14-25H2,1H3. The van der Waals surface area contributed by atoms with Gasteiger partial charge < -0.3 is 23.8 Å². The molecule has 0 aromatic heterocycles. The Kier molecular flexibility index (Phi) is 14.1. The van der Waals surface area contributed by atoms with Crippen LogP contribution in [0.4, 0.5) is 5.69 Å². The molecule has 2 aromatic carbocycles. The van der Waals surface area contributed by atoms with E-state index in [2.05, 4.69) is 11.8 Å². The van der Waals surface area contributed by atoms with E-state index < -0.39 is 0 Å². The fraction of sp³-hybridized carbons (Fsp3) is 0.469. The summed E-state index contributed by atoms with van der Waals surface area (Å²) in [5.41, 5.74) is 3.48. The molecule has 0 atom stereocenters. The highest BCUT2D eigenvalue weighted by Gasteiger charge is 2.21. The lowest BCUT2D eigenvalue weighted by Crippen LogP contribution is -2.32. The average Bonchev–Trinajstić information content (AvgIpc) is 2.95. The maximum atomic E-state index is 13.2. The first-order valence-corrected chi connectivity index (χ1v) is 13.9. The summed E-state index contributed by atoms with van der Waals surface area (Å²) in [4.78, 5) is 38.2. The number of ether oxygens (including phenoxy) is 4. The van der Waals surface area contributed by atoms with Crippen molar-refractivity contribution < 1.29 is 33.3 Å². The van der Waals surface area contributed by atoms with Gasteiger partial charge in [-0.2, -0.15) is 0 Å². The van der Waals surface area contributed by atoms with Crippen molar-refractivity contribution in [1.29, 1.82) is 0 Å². The third kappa shape index (κ3) is 11.4. The maximum absolute atomic E-state index is 13.2. The molecule has 3 rings (SSSR count). The zero-order chi connectivity index (χ0) is 28.4. The highest BCUT2D eigenvalue weighted by molar-refractivity contribution is 5.97. The van der Waals surface area contributed by atoms with Gasteiger partial charge in [-0.3, -0.25) is 14.4 Å². The lowest BCUT2D eigenvalue weighted by atomic mass is 10.0. The molecule has 1 aliphatic rings. The maximum Gasteiger partial charge on any atom is 0.227 e. The minimum absolute atomic E-state index is 0.0520. The molecule has 0 saturated heterocycles. The van der Waals surface area contributed by atoms with Crippen LogP contribution < -0.4 is 4.90 Å². The van der Waals surface area contributed by atoms with Gasteiger partial charge >= 0.3 is 0 Å². The van der Waals surface area contributed by atoms with Crippen molar-refractivity contribution in [3.63, 3.8) is 0 Å². The molecule has 8 heteroatoms. The van der Waals surface area contributed by atoms with E-state index in [9.17, 15) is 14.4 Å². The summed E-state index contributed by atoms with van der Waals surface area (Å²) in [5.74, 6) is 6.49. The number of carbonyl (C=O) groups is 3. The minimum atomic E-state index is -0.0859. The van der Waals surface area contributed by atoms with Crippen LogP contribution in [0.5, 0.6) is 0 Å². The van der Waals surface area contributed by atoms with Gasteiger partial charge in [0.2, 0.25) is 5.91 Å². The molecule has 0 aliphatic carbocycles. The van der Waals surface area contributed by atoms with Crippen LogP contribution in [0.15, 0.2) is 48.5 Å². The Bertz CT molecular complexity index is 1170. The third-order valence-electron chi connectivity index (χ3n) is 6.25. The molecule has 2 aromatic rings. The number of carbonyl (C=O) groups excluding carboxylic acids is 3. The fourth-order valence-corrected chi connectivity index (χ4v) is 4.06. The zero-order valence-electron chi connectivity index (χ0n) is 23.3. The Morgan fingerprint density at radius 1 is 0.675 bits per heavy atom. The molecule has 8 nitrogen and oxygen atoms in total. The summed E-state index contributed by atoms with van der Waals surface area (Å²) < 4.78 is 21.7. The number of hydrogen-bond donors (Lipinski definition) is 0. The van der Waals surface area contributed by atoms with Crippen molar-refractivity contribution in [2.75, 3.05) is 57.8 Å². The van der Waals surface area contributed by atoms with Gasteiger partial charge in [-0.15, -0.1) is 0 Å². The molecule has 0 saturated carbocycles. The van der Waals surface area contributed by atoms with Gasteiger partial charge in [-0.25, -0.2) is 0 Å². The van der Waals surface area contributed by atoms with E-state index in [1.165, 1.54) is 0 Å². The first-order valence-electron chi connectivity index (χ1n) is 13.9. The van der Waals surface area contributed by atoms with Gasteiger partial charge in [0, 0.05) is 43.4 Å². The number of anilines is 1. The second-order valence-electron chi connectivity index (χ2n) is 9.45. The Labute approximate surface area is 236 Å². The molecule has 0 bridgehead atoms. The smallest absolute Gasteiger partial charge is 0.227 e. The predicted octanol–water partition coefficient (Wildman–Crippen LogP) is 4.11. The van der Waals surface area contributed by atoms with E-state index in [1.54, 1.807) is 11.8 Å². The van der Waals surface area contributed by atoms with E-state index in [4.69, 9.17) is 18.9 Å². The van der Waals surface area contributed by atoms with Crippen LogP contribution >= 0.6 is 0 Å². The van der Waals surface area contributed by atoms with E-state index in [0.29, 0.717) is 78.7 Å². The van der Waals surface area contributed by atoms with Gasteiger partial charge in [-0.05, 0) is 37.1 Å². The third-order valence-corrected chi connectivity index (χ3v) is 6.25. The molecule has 214 valence electrons. The van der Waals surface area contributed by atoms with E-state index in [1.807, 2.05) is 48.5 Å². The largest absolute Gasteiger partial charge is 0.379 e. The van der Waals surface area contributed by atoms with Gasteiger partial charge in [0.05, 0.1) is 58.5 Å². The highest BCUT2D eigenvalue weighted by Crippen LogP contribution is 2.26. The fourth-order valence-electron chi connectivity index (χ4n) is 4.06. The van der Waals surface area contributed by atoms with Gasteiger partial charge in [0.15, 0.2) is 0 Å². The molecule has 0 fully saturated rings. The van der Waals surface area contributed by atoms with Crippen LogP contribution in [-0.2, 0) is 39.9 Å². The number of amides is 1. The number of para-hydroxylation sites is 1. The van der Waals surface area contributed by atoms with Crippen molar-refractivity contribution in [2.45, 2.75) is 45.6 Å². The van der Waals surface area contributed by atoms with Crippen LogP contribution in [0.1, 0.15) is 55.7 Å². The Morgan fingerprint density at radius 3 is 1.95 bits per heavy atom. The number of benzene rings is 2. The summed E-state index contributed by atoms with van der Waals surface area (Å²) in [6.07, 6.45) is 1.77. The van der Waals surface area contributed by atoms with Crippen molar-refractivity contribution in [2.24, 2.45) is 0 Å². The molecular formula is C32H39NO7. The minimum Gasteiger partial charge on any atom is -0.379 e. The van der Waals surface area contributed by atoms with Crippen LogP contribution in [0.25, 0.3) is 0 Å². The second-order valence-corrected chi connectivity index (χ2v) is 9.45. The van der Waals surface area contributed by atoms with Crippen molar-refractivity contribution in [1.82, 2.24) is 0 Å². The summed E-state index contributed by atoms with van der Waals surface area (Å²) in [6.45, 7) is 5.60. The van der Waals surface area contributed by atoms with Crippen molar-refractivity contribution in [3.05, 3.63) is 65.2 Å². The Morgan fingerprint density at radius 2 is 1.25 bits per heavy atom. The number of fused-ring (bicyclic) bond motifs is 2. The quantitative estimate of drug-likeness (QED) is 0.192. The molecule has 40 heavy (non-hydrogen) atoms. The van der Waals surface area contributed by atoms with E-state index in [0.717, 1.165) is 22.4 Å². The van der Waals surface area contributed by atoms with Crippen LogP contribution in [-0.4, -0.2) is 70.3 Å². The van der Waals surface area contributed by atoms with Crippen LogP contribution in [0.3, 0.4) is 0 Å². The molecule has 1 heterocycles. The average molecular weight is 550 g/mol. The SMILES string of the molecule is CC(=O)CCOCCOCCOCCOCCCC(=O)CCC(=O)N1Cc2ccccc2C#Cc2ccccc21. The molecule has 1 aliphatic heterocycles. The van der Waals surface area contributed by atoms with Crippen LogP contribution in [0, 0.1) is 11.8 Å². The highest BCUT2D eigenvalue weighted by atomic mass is 16.6. The predicted molar refractivity (Wildman–Crippen MR) is 152 cm³/mol. The van der Waals surface area contributed by atoms with Gasteiger partial charge in [0.25, 0.3) is 0 Å². The number of rotatable bonds is 19. The van der Waals surface area contributed by atoms with Crippen molar-refractivity contribution in [3.8, 4) is 11.8 Å². The number of ketones is 2. The molecular weight excluding hydrogens is 510 g/mol. The number of Topliss-reactive ketones (excluding diaryl/α,β-unsaturated/α-hetero) is 2.